The van der Waals surface area contributed by atoms with Crippen molar-refractivity contribution in [2.24, 2.45) is 0 Å². The van der Waals surface area contributed by atoms with Crippen molar-refractivity contribution in [3.05, 3.63) is 40.4 Å². The molecule has 1 aromatic rings. The standard InChI is InChI=1S/C10H8BrN/c1-2-8(7-12)9-3-5-10(11)6-4-9/h2-6H,1H3. The van der Waals surface area contributed by atoms with Crippen LogP contribution in [0.3, 0.4) is 0 Å². The van der Waals surface area contributed by atoms with Gasteiger partial charge in [0.05, 0.1) is 11.6 Å². The van der Waals surface area contributed by atoms with Gasteiger partial charge < -0.3 is 0 Å². The monoisotopic (exact) mass is 221 g/mol. The number of hydrogen-bond donors (Lipinski definition) is 0. The summed E-state index contributed by atoms with van der Waals surface area (Å²) in [5, 5.41) is 8.72. The average molecular weight is 222 g/mol. The Labute approximate surface area is 80.5 Å². The minimum absolute atomic E-state index is 0.711. The highest BCUT2D eigenvalue weighted by atomic mass is 79.9. The minimum atomic E-state index is 0.711. The van der Waals surface area contributed by atoms with Gasteiger partial charge in [-0.2, -0.15) is 5.26 Å². The maximum Gasteiger partial charge on any atom is 0.0994 e. The van der Waals surface area contributed by atoms with Gasteiger partial charge in [-0.15, -0.1) is 0 Å². The van der Waals surface area contributed by atoms with Crippen LogP contribution in [0.15, 0.2) is 34.8 Å². The molecule has 0 radical (unpaired) electrons. The molecule has 0 aliphatic heterocycles. The van der Waals surface area contributed by atoms with Crippen LogP contribution in [-0.2, 0) is 0 Å². The Morgan fingerprint density at radius 3 is 2.42 bits per heavy atom. The predicted molar refractivity (Wildman–Crippen MR) is 53.4 cm³/mol. The molecule has 1 aromatic carbocycles. The first-order valence-electron chi connectivity index (χ1n) is 3.60. The fraction of sp³-hybridized carbons (Fsp3) is 0.100. The highest BCUT2D eigenvalue weighted by Gasteiger charge is 1.96. The minimum Gasteiger partial charge on any atom is -0.192 e. The third-order valence-corrected chi connectivity index (χ3v) is 2.09. The number of halogens is 1. The van der Waals surface area contributed by atoms with Gasteiger partial charge in [0.2, 0.25) is 0 Å². The van der Waals surface area contributed by atoms with Crippen molar-refractivity contribution in [3.8, 4) is 6.07 Å². The van der Waals surface area contributed by atoms with Crippen molar-refractivity contribution in [1.29, 1.82) is 5.26 Å². The third-order valence-electron chi connectivity index (χ3n) is 1.56. The maximum atomic E-state index is 8.72. The molecule has 0 N–H and O–H groups in total. The number of hydrogen-bond acceptors (Lipinski definition) is 1. The van der Waals surface area contributed by atoms with Crippen LogP contribution in [0, 0.1) is 11.3 Å². The average Bonchev–Trinajstić information content (AvgIpc) is 2.10. The molecule has 0 atom stereocenters. The third kappa shape index (κ3) is 1.96. The van der Waals surface area contributed by atoms with Gasteiger partial charge in [0.15, 0.2) is 0 Å². The second-order valence-corrected chi connectivity index (χ2v) is 3.24. The molecule has 0 aliphatic carbocycles. The first-order valence-corrected chi connectivity index (χ1v) is 4.39. The Morgan fingerprint density at radius 1 is 1.42 bits per heavy atom. The molecule has 12 heavy (non-hydrogen) atoms. The molecular formula is C10H8BrN. The summed E-state index contributed by atoms with van der Waals surface area (Å²) in [5.41, 5.74) is 1.67. The smallest absolute Gasteiger partial charge is 0.0994 e. The van der Waals surface area contributed by atoms with Crippen LogP contribution in [0.1, 0.15) is 12.5 Å². The molecular weight excluding hydrogens is 214 g/mol. The molecule has 2 heteroatoms. The normalized spacial score (nSPS) is 10.9. The summed E-state index contributed by atoms with van der Waals surface area (Å²) in [7, 11) is 0. The van der Waals surface area contributed by atoms with E-state index in [1.165, 1.54) is 0 Å². The molecule has 1 rings (SSSR count). The van der Waals surface area contributed by atoms with E-state index in [-0.39, 0.29) is 0 Å². The van der Waals surface area contributed by atoms with E-state index >= 15 is 0 Å². The summed E-state index contributed by atoms with van der Waals surface area (Å²) in [6.07, 6.45) is 1.81. The molecule has 0 heterocycles. The summed E-state index contributed by atoms with van der Waals surface area (Å²) in [6, 6.07) is 9.83. The lowest BCUT2D eigenvalue weighted by Crippen LogP contribution is -1.78. The Morgan fingerprint density at radius 2 is 2.00 bits per heavy atom. The maximum absolute atomic E-state index is 8.72. The van der Waals surface area contributed by atoms with Crippen molar-refractivity contribution in [2.75, 3.05) is 0 Å². The van der Waals surface area contributed by atoms with E-state index in [2.05, 4.69) is 22.0 Å². The summed E-state index contributed by atoms with van der Waals surface area (Å²) >= 11 is 3.34. The second-order valence-electron chi connectivity index (χ2n) is 2.32. The van der Waals surface area contributed by atoms with Crippen molar-refractivity contribution in [2.45, 2.75) is 6.92 Å². The molecule has 0 saturated heterocycles. The molecule has 0 aliphatic rings. The van der Waals surface area contributed by atoms with E-state index in [1.807, 2.05) is 37.3 Å². The molecule has 0 amide bonds. The topological polar surface area (TPSA) is 23.8 Å². The zero-order chi connectivity index (χ0) is 8.97. The van der Waals surface area contributed by atoms with Gasteiger partial charge in [-0.25, -0.2) is 0 Å². The molecule has 0 fully saturated rings. The molecule has 1 nitrogen and oxygen atoms in total. The molecule has 0 bridgehead atoms. The summed E-state index contributed by atoms with van der Waals surface area (Å²) in [6.45, 7) is 1.86. The Balaban J connectivity index is 3.06. The van der Waals surface area contributed by atoms with Gasteiger partial charge >= 0.3 is 0 Å². The van der Waals surface area contributed by atoms with E-state index in [4.69, 9.17) is 5.26 Å². The number of nitrogens with zero attached hydrogens (tertiary/aromatic N) is 1. The number of benzene rings is 1. The fourth-order valence-electron chi connectivity index (χ4n) is 0.925. The summed E-state index contributed by atoms with van der Waals surface area (Å²) < 4.78 is 1.03. The second kappa shape index (κ2) is 4.08. The lowest BCUT2D eigenvalue weighted by atomic mass is 10.1. The highest BCUT2D eigenvalue weighted by Crippen LogP contribution is 2.16. The molecule has 60 valence electrons. The lowest BCUT2D eigenvalue weighted by molar-refractivity contribution is 1.50. The Bertz CT molecular complexity index is 330. The van der Waals surface area contributed by atoms with Gasteiger partial charge in [-0.05, 0) is 24.6 Å². The van der Waals surface area contributed by atoms with Gasteiger partial charge in [-0.3, -0.25) is 0 Å². The van der Waals surface area contributed by atoms with Crippen LogP contribution in [0.4, 0.5) is 0 Å². The van der Waals surface area contributed by atoms with Crippen molar-refractivity contribution < 1.29 is 0 Å². The highest BCUT2D eigenvalue weighted by molar-refractivity contribution is 9.10. The van der Waals surface area contributed by atoms with E-state index in [0.29, 0.717) is 5.57 Å². The van der Waals surface area contributed by atoms with Crippen LogP contribution < -0.4 is 0 Å². The van der Waals surface area contributed by atoms with Crippen LogP contribution >= 0.6 is 15.9 Å². The largest absolute Gasteiger partial charge is 0.192 e. The van der Waals surface area contributed by atoms with Crippen molar-refractivity contribution in [1.82, 2.24) is 0 Å². The number of rotatable bonds is 1. The van der Waals surface area contributed by atoms with E-state index < -0.39 is 0 Å². The predicted octanol–water partition coefficient (Wildman–Crippen LogP) is 3.38. The SMILES string of the molecule is CC=C(C#N)c1ccc(Br)cc1. The Kier molecular flexibility index (Phi) is 3.07. The molecule has 0 aromatic heterocycles. The summed E-state index contributed by atoms with van der Waals surface area (Å²) in [4.78, 5) is 0. The van der Waals surface area contributed by atoms with Crippen LogP contribution in [0.2, 0.25) is 0 Å². The van der Waals surface area contributed by atoms with Gasteiger partial charge in [-0.1, -0.05) is 34.1 Å². The Hall–Kier alpha value is -1.07. The van der Waals surface area contributed by atoms with E-state index in [1.54, 1.807) is 0 Å². The fourth-order valence-corrected chi connectivity index (χ4v) is 1.19. The molecule has 0 saturated carbocycles. The van der Waals surface area contributed by atoms with Crippen molar-refractivity contribution in [3.63, 3.8) is 0 Å². The van der Waals surface area contributed by atoms with Gasteiger partial charge in [0.25, 0.3) is 0 Å². The zero-order valence-corrected chi connectivity index (χ0v) is 8.30. The quantitative estimate of drug-likeness (QED) is 0.668. The molecule has 0 unspecified atom stereocenters. The number of allylic oxidation sites excluding steroid dienone is 2. The number of nitriles is 1. The van der Waals surface area contributed by atoms with E-state index in [0.717, 1.165) is 10.0 Å². The van der Waals surface area contributed by atoms with Crippen molar-refractivity contribution >= 4 is 21.5 Å². The summed E-state index contributed by atoms with van der Waals surface area (Å²) in [5.74, 6) is 0. The first kappa shape index (κ1) is 9.02. The van der Waals surface area contributed by atoms with Crippen LogP contribution in [0.5, 0.6) is 0 Å². The first-order chi connectivity index (χ1) is 5.77. The van der Waals surface area contributed by atoms with Crippen LogP contribution in [-0.4, -0.2) is 0 Å². The van der Waals surface area contributed by atoms with E-state index in [9.17, 15) is 0 Å². The van der Waals surface area contributed by atoms with Gasteiger partial charge in [0, 0.05) is 4.47 Å². The van der Waals surface area contributed by atoms with Gasteiger partial charge in [0.1, 0.15) is 0 Å². The lowest BCUT2D eigenvalue weighted by Gasteiger charge is -1.96. The molecule has 0 spiro atoms. The zero-order valence-electron chi connectivity index (χ0n) is 6.71. The van der Waals surface area contributed by atoms with Crippen LogP contribution in [0.25, 0.3) is 5.57 Å².